The van der Waals surface area contributed by atoms with E-state index in [2.05, 4.69) is 32.6 Å². The predicted molar refractivity (Wildman–Crippen MR) is 89.4 cm³/mol. The summed E-state index contributed by atoms with van der Waals surface area (Å²) in [4.78, 5) is 14.1. The second-order valence-electron chi connectivity index (χ2n) is 6.41. The number of carbonyl (C=O) groups is 1. The molecule has 0 unspecified atom stereocenters. The number of rotatable bonds is 5. The number of nitrogens with zero attached hydrogens (tertiary/aromatic N) is 1. The molecule has 21 heavy (non-hydrogen) atoms. The van der Waals surface area contributed by atoms with Crippen molar-refractivity contribution in [2.24, 2.45) is 5.41 Å². The quantitative estimate of drug-likeness (QED) is 0.606. The highest BCUT2D eigenvalue weighted by molar-refractivity contribution is 5.97. The molecular weight excluding hydrogens is 258 g/mol. The maximum atomic E-state index is 12.1. The first kappa shape index (κ1) is 17.2. The Bertz CT molecular complexity index is 550. The Morgan fingerprint density at radius 3 is 2.43 bits per heavy atom. The van der Waals surface area contributed by atoms with E-state index in [1.54, 1.807) is 0 Å². The topological polar surface area (TPSA) is 20.3 Å². The molecule has 0 amide bonds. The molecule has 1 aromatic carbocycles. The number of hydrogen-bond acceptors (Lipinski definition) is 2. The molecule has 1 rings (SSSR count). The Labute approximate surface area is 128 Å². The highest BCUT2D eigenvalue weighted by atomic mass is 16.1. The molecule has 0 spiro atoms. The summed E-state index contributed by atoms with van der Waals surface area (Å²) in [7, 11) is 1.94. The minimum Gasteiger partial charge on any atom is -0.295 e. The van der Waals surface area contributed by atoms with Crippen molar-refractivity contribution < 1.29 is 4.79 Å². The summed E-state index contributed by atoms with van der Waals surface area (Å²) in [6, 6.07) is 7.71. The van der Waals surface area contributed by atoms with Gasteiger partial charge in [0, 0.05) is 17.5 Å². The minimum atomic E-state index is 0.0254. The Hall–Kier alpha value is -1.85. The molecule has 0 fully saturated rings. The maximum Gasteiger partial charge on any atom is 0.176 e. The van der Waals surface area contributed by atoms with Crippen LogP contribution in [0.15, 0.2) is 36.4 Å². The number of benzene rings is 1. The van der Waals surface area contributed by atoms with Gasteiger partial charge in [-0.3, -0.25) is 9.69 Å². The molecule has 0 aliphatic heterocycles. The second kappa shape index (κ2) is 7.81. The molecule has 0 aromatic heterocycles. The van der Waals surface area contributed by atoms with Gasteiger partial charge in [0.05, 0.1) is 6.54 Å². The molecule has 0 radical (unpaired) electrons. The first-order chi connectivity index (χ1) is 9.78. The minimum absolute atomic E-state index is 0.0254. The van der Waals surface area contributed by atoms with Crippen LogP contribution in [0.5, 0.6) is 0 Å². The third kappa shape index (κ3) is 7.48. The zero-order chi connectivity index (χ0) is 15.9. The van der Waals surface area contributed by atoms with E-state index in [1.807, 2.05) is 55.3 Å². The van der Waals surface area contributed by atoms with Crippen LogP contribution < -0.4 is 0 Å². The number of likely N-dealkylation sites (N-methyl/N-ethyl adjacent to an activating group) is 1. The van der Waals surface area contributed by atoms with Gasteiger partial charge in [0.1, 0.15) is 0 Å². The van der Waals surface area contributed by atoms with Crippen molar-refractivity contribution in [1.29, 1.82) is 0 Å². The third-order valence-electron chi connectivity index (χ3n) is 2.85. The van der Waals surface area contributed by atoms with Crippen LogP contribution in [0.2, 0.25) is 0 Å². The Kier molecular flexibility index (Phi) is 6.39. The van der Waals surface area contributed by atoms with Crippen molar-refractivity contribution in [1.82, 2.24) is 4.90 Å². The van der Waals surface area contributed by atoms with Crippen molar-refractivity contribution in [3.63, 3.8) is 0 Å². The predicted octanol–water partition coefficient (Wildman–Crippen LogP) is 3.72. The summed E-state index contributed by atoms with van der Waals surface area (Å²) in [5.41, 5.74) is 1.96. The lowest BCUT2D eigenvalue weighted by Gasteiger charge is -2.13. The summed E-state index contributed by atoms with van der Waals surface area (Å²) >= 11 is 0. The molecule has 2 heteroatoms. The lowest BCUT2D eigenvalue weighted by atomic mass is 9.98. The van der Waals surface area contributed by atoms with Gasteiger partial charge < -0.3 is 0 Å². The van der Waals surface area contributed by atoms with Gasteiger partial charge in [-0.05, 0) is 40.8 Å². The summed E-state index contributed by atoms with van der Waals surface area (Å²) in [6.45, 7) is 9.40. The van der Waals surface area contributed by atoms with E-state index < -0.39 is 0 Å². The normalized spacial score (nSPS) is 11.5. The molecule has 0 N–H and O–H groups in total. The van der Waals surface area contributed by atoms with Crippen LogP contribution in [0.3, 0.4) is 0 Å². The number of Topliss-reactive ketones (excluding diaryl/α,β-unsaturated/α-hetero) is 1. The number of carbonyl (C=O) groups excluding carboxylic acids is 1. The van der Waals surface area contributed by atoms with Crippen molar-refractivity contribution in [3.8, 4) is 11.8 Å². The highest BCUT2D eigenvalue weighted by Gasteiger charge is 2.07. The van der Waals surface area contributed by atoms with E-state index in [0.29, 0.717) is 6.54 Å². The van der Waals surface area contributed by atoms with E-state index in [4.69, 9.17) is 0 Å². The lowest BCUT2D eigenvalue weighted by Crippen LogP contribution is -2.26. The fraction of sp³-hybridized carbons (Fsp3) is 0.421. The van der Waals surface area contributed by atoms with Crippen LogP contribution in [0.25, 0.3) is 0 Å². The Morgan fingerprint density at radius 1 is 1.24 bits per heavy atom. The van der Waals surface area contributed by atoms with Gasteiger partial charge in [-0.2, -0.15) is 0 Å². The average Bonchev–Trinajstić information content (AvgIpc) is 2.37. The average molecular weight is 283 g/mol. The van der Waals surface area contributed by atoms with Gasteiger partial charge in [0.25, 0.3) is 0 Å². The maximum absolute atomic E-state index is 12.1. The molecule has 112 valence electrons. The zero-order valence-corrected chi connectivity index (χ0v) is 13.7. The fourth-order valence-corrected chi connectivity index (χ4v) is 1.69. The lowest BCUT2D eigenvalue weighted by molar-refractivity contribution is 0.0952. The second-order valence-corrected chi connectivity index (χ2v) is 6.41. The third-order valence-corrected chi connectivity index (χ3v) is 2.85. The molecular formula is C19H25NO. The van der Waals surface area contributed by atoms with E-state index in [-0.39, 0.29) is 11.2 Å². The van der Waals surface area contributed by atoms with Crippen LogP contribution in [0.1, 0.15) is 36.7 Å². The van der Waals surface area contributed by atoms with E-state index in [1.165, 1.54) is 5.56 Å². The van der Waals surface area contributed by atoms with Crippen LogP contribution in [0.4, 0.5) is 0 Å². The van der Waals surface area contributed by atoms with Gasteiger partial charge in [-0.15, -0.1) is 0 Å². The largest absolute Gasteiger partial charge is 0.295 e. The van der Waals surface area contributed by atoms with Gasteiger partial charge in [0.15, 0.2) is 5.78 Å². The molecule has 0 saturated carbocycles. The molecule has 0 aliphatic carbocycles. The van der Waals surface area contributed by atoms with E-state index in [0.717, 1.165) is 12.1 Å². The summed E-state index contributed by atoms with van der Waals surface area (Å²) < 4.78 is 0. The zero-order valence-electron chi connectivity index (χ0n) is 13.7. The first-order valence-corrected chi connectivity index (χ1v) is 7.24. The molecule has 1 aromatic rings. The van der Waals surface area contributed by atoms with Crippen molar-refractivity contribution >= 4 is 5.78 Å². The molecule has 2 nitrogen and oxygen atoms in total. The highest BCUT2D eigenvalue weighted by Crippen LogP contribution is 2.09. The van der Waals surface area contributed by atoms with E-state index in [9.17, 15) is 4.79 Å². The molecule has 0 bridgehead atoms. The van der Waals surface area contributed by atoms with Crippen molar-refractivity contribution in [2.45, 2.75) is 27.7 Å². The summed E-state index contributed by atoms with van der Waals surface area (Å²) in [5.74, 6) is 6.32. The molecule has 0 heterocycles. The monoisotopic (exact) mass is 283 g/mol. The summed E-state index contributed by atoms with van der Waals surface area (Å²) in [6.07, 6.45) is 3.85. The van der Waals surface area contributed by atoms with Crippen LogP contribution in [-0.2, 0) is 0 Å². The van der Waals surface area contributed by atoms with Crippen LogP contribution >= 0.6 is 0 Å². The number of aryl methyl sites for hydroxylation is 1. The molecule has 0 atom stereocenters. The van der Waals surface area contributed by atoms with Gasteiger partial charge in [-0.1, -0.05) is 47.7 Å². The number of hydrogen-bond donors (Lipinski definition) is 0. The Balaban J connectivity index is 2.44. The standard InChI is InChI=1S/C19H25NO/c1-16-9-11-17(12-10-16)18(21)15-20(5)14-8-6-7-13-19(2,3)4/h6,8-12H,14-15H2,1-5H3/b8-6+. The smallest absolute Gasteiger partial charge is 0.176 e. The molecule has 0 aliphatic rings. The SMILES string of the molecule is Cc1ccc(C(=O)CN(C)C/C=C/C#CC(C)(C)C)cc1. The van der Waals surface area contributed by atoms with Gasteiger partial charge in [0.2, 0.25) is 0 Å². The molecule has 0 saturated heterocycles. The van der Waals surface area contributed by atoms with Crippen LogP contribution in [-0.4, -0.2) is 30.8 Å². The first-order valence-electron chi connectivity index (χ1n) is 7.24. The summed E-state index contributed by atoms with van der Waals surface area (Å²) in [5, 5.41) is 0. The van der Waals surface area contributed by atoms with Crippen molar-refractivity contribution in [2.75, 3.05) is 20.1 Å². The Morgan fingerprint density at radius 2 is 1.86 bits per heavy atom. The fourth-order valence-electron chi connectivity index (χ4n) is 1.69. The number of allylic oxidation sites excluding steroid dienone is 1. The van der Waals surface area contributed by atoms with Crippen LogP contribution in [0, 0.1) is 24.2 Å². The van der Waals surface area contributed by atoms with Gasteiger partial charge >= 0.3 is 0 Å². The van der Waals surface area contributed by atoms with Gasteiger partial charge in [-0.25, -0.2) is 0 Å². The number of ketones is 1. The van der Waals surface area contributed by atoms with Crippen molar-refractivity contribution in [3.05, 3.63) is 47.5 Å². The van der Waals surface area contributed by atoms with E-state index >= 15 is 0 Å².